The lowest BCUT2D eigenvalue weighted by Gasteiger charge is -2.38. The molecule has 2 heterocycles. The maximum atomic E-state index is 12.3. The summed E-state index contributed by atoms with van der Waals surface area (Å²) in [5.41, 5.74) is 2.87. The van der Waals surface area contributed by atoms with E-state index in [1.807, 2.05) is 11.8 Å². The van der Waals surface area contributed by atoms with Gasteiger partial charge < -0.3 is 15.4 Å². The summed E-state index contributed by atoms with van der Waals surface area (Å²) in [6.45, 7) is 1.49. The van der Waals surface area contributed by atoms with Crippen LogP contribution in [0, 0.1) is 0 Å². The highest BCUT2D eigenvalue weighted by atomic mass is 32.2. The molecule has 130 valence electrons. The average molecular weight is 346 g/mol. The van der Waals surface area contributed by atoms with E-state index in [9.17, 15) is 4.79 Å². The van der Waals surface area contributed by atoms with Gasteiger partial charge in [-0.3, -0.25) is 0 Å². The fourth-order valence-electron chi connectivity index (χ4n) is 4.32. The van der Waals surface area contributed by atoms with Gasteiger partial charge in [0.15, 0.2) is 0 Å². The number of urea groups is 1. The first-order chi connectivity index (χ1) is 11.7. The number of carbonyl (C=O) groups excluding carboxylic acids is 1. The van der Waals surface area contributed by atoms with Gasteiger partial charge in [-0.2, -0.15) is 11.8 Å². The van der Waals surface area contributed by atoms with Crippen LogP contribution in [0.2, 0.25) is 0 Å². The minimum atomic E-state index is -0.0212. The molecule has 2 amide bonds. The first kappa shape index (κ1) is 16.3. The Balaban J connectivity index is 1.27. The van der Waals surface area contributed by atoms with E-state index in [0.717, 1.165) is 51.0 Å². The lowest BCUT2D eigenvalue weighted by atomic mass is 9.90. The third-order valence-electron chi connectivity index (χ3n) is 5.66. The van der Waals surface area contributed by atoms with Crippen molar-refractivity contribution in [1.29, 1.82) is 0 Å². The normalized spacial score (nSPS) is 31.8. The molecule has 2 aliphatic heterocycles. The third kappa shape index (κ3) is 3.42. The minimum absolute atomic E-state index is 0.0191. The summed E-state index contributed by atoms with van der Waals surface area (Å²) in [5, 5.41) is 6.27. The van der Waals surface area contributed by atoms with Crippen LogP contribution in [0.15, 0.2) is 24.3 Å². The molecule has 2 N–H and O–H groups in total. The number of fused-ring (bicyclic) bond motifs is 1. The highest BCUT2D eigenvalue weighted by molar-refractivity contribution is 7.99. The number of rotatable bonds is 3. The van der Waals surface area contributed by atoms with Gasteiger partial charge in [0.2, 0.25) is 0 Å². The Labute approximate surface area is 148 Å². The number of carbonyl (C=O) groups is 1. The van der Waals surface area contributed by atoms with Crippen LogP contribution >= 0.6 is 11.8 Å². The third-order valence-corrected chi connectivity index (χ3v) is 6.88. The van der Waals surface area contributed by atoms with Crippen molar-refractivity contribution in [3.63, 3.8) is 0 Å². The number of benzene rings is 1. The highest BCUT2D eigenvalue weighted by Gasteiger charge is 2.40. The molecule has 24 heavy (non-hydrogen) atoms. The second-order valence-corrected chi connectivity index (χ2v) is 8.42. The number of hydrogen-bond acceptors (Lipinski definition) is 3. The quantitative estimate of drug-likeness (QED) is 0.884. The molecule has 2 saturated heterocycles. The molecule has 0 saturated carbocycles. The zero-order chi connectivity index (χ0) is 16.4. The Kier molecular flexibility index (Phi) is 4.72. The molecule has 4 rings (SSSR count). The Morgan fingerprint density at radius 3 is 3.12 bits per heavy atom. The van der Waals surface area contributed by atoms with Gasteiger partial charge in [0.05, 0.1) is 5.60 Å². The first-order valence-corrected chi connectivity index (χ1v) is 10.2. The highest BCUT2D eigenvalue weighted by Crippen LogP contribution is 2.38. The molecule has 0 radical (unpaired) electrons. The lowest BCUT2D eigenvalue weighted by Crippen LogP contribution is -2.51. The van der Waals surface area contributed by atoms with Crippen molar-refractivity contribution in [2.75, 3.05) is 24.7 Å². The van der Waals surface area contributed by atoms with Crippen LogP contribution in [0.1, 0.15) is 42.7 Å². The van der Waals surface area contributed by atoms with Crippen LogP contribution in [0.4, 0.5) is 4.79 Å². The van der Waals surface area contributed by atoms with Crippen LogP contribution in [0.3, 0.4) is 0 Å². The molecule has 1 spiro atoms. The van der Waals surface area contributed by atoms with Crippen molar-refractivity contribution in [1.82, 2.24) is 10.6 Å². The van der Waals surface area contributed by atoms with E-state index in [1.165, 1.54) is 16.9 Å². The van der Waals surface area contributed by atoms with Crippen LogP contribution < -0.4 is 10.6 Å². The second kappa shape index (κ2) is 6.96. The van der Waals surface area contributed by atoms with Gasteiger partial charge in [0, 0.05) is 30.9 Å². The summed E-state index contributed by atoms with van der Waals surface area (Å²) in [4.78, 5) is 12.3. The fourth-order valence-corrected chi connectivity index (χ4v) is 5.70. The lowest BCUT2D eigenvalue weighted by molar-refractivity contribution is -0.0684. The van der Waals surface area contributed by atoms with E-state index in [0.29, 0.717) is 5.92 Å². The summed E-state index contributed by atoms with van der Waals surface area (Å²) in [6.07, 6.45) is 5.27. The molecular formula is C19H26N2O2S. The monoisotopic (exact) mass is 346 g/mol. The predicted octanol–water partition coefficient (Wildman–Crippen LogP) is 3.07. The number of ether oxygens (including phenoxy) is 1. The number of nitrogens with one attached hydrogen (secondary N) is 2. The smallest absolute Gasteiger partial charge is 0.315 e. The van der Waals surface area contributed by atoms with E-state index in [2.05, 4.69) is 34.9 Å². The average Bonchev–Trinajstić information content (AvgIpc) is 3.20. The van der Waals surface area contributed by atoms with Crippen molar-refractivity contribution in [2.24, 2.45) is 0 Å². The maximum Gasteiger partial charge on any atom is 0.315 e. The molecule has 5 heteroatoms. The Hall–Kier alpha value is -1.20. The van der Waals surface area contributed by atoms with E-state index >= 15 is 0 Å². The number of thioether (sulfide) groups is 1. The van der Waals surface area contributed by atoms with Gasteiger partial charge in [-0.1, -0.05) is 24.3 Å². The number of hydrogen-bond donors (Lipinski definition) is 2. The van der Waals surface area contributed by atoms with E-state index in [1.54, 1.807) is 0 Å². The van der Waals surface area contributed by atoms with E-state index in [4.69, 9.17) is 4.74 Å². The topological polar surface area (TPSA) is 50.4 Å². The molecule has 3 aliphatic rings. The zero-order valence-corrected chi connectivity index (χ0v) is 14.9. The molecule has 1 aromatic rings. The molecule has 1 aromatic carbocycles. The van der Waals surface area contributed by atoms with Gasteiger partial charge in [-0.25, -0.2) is 4.79 Å². The molecule has 0 bridgehead atoms. The van der Waals surface area contributed by atoms with Crippen molar-refractivity contribution < 1.29 is 9.53 Å². The predicted molar refractivity (Wildman–Crippen MR) is 97.7 cm³/mol. The van der Waals surface area contributed by atoms with Crippen molar-refractivity contribution in [3.05, 3.63) is 35.4 Å². The molecule has 4 nitrogen and oxygen atoms in total. The zero-order valence-electron chi connectivity index (χ0n) is 14.1. The van der Waals surface area contributed by atoms with Gasteiger partial charge in [-0.15, -0.1) is 0 Å². The van der Waals surface area contributed by atoms with Gasteiger partial charge in [-0.05, 0) is 49.0 Å². The second-order valence-electron chi connectivity index (χ2n) is 7.31. The van der Waals surface area contributed by atoms with Crippen LogP contribution in [0.5, 0.6) is 0 Å². The van der Waals surface area contributed by atoms with Crippen LogP contribution in [0.25, 0.3) is 0 Å². The van der Waals surface area contributed by atoms with E-state index < -0.39 is 0 Å². The minimum Gasteiger partial charge on any atom is -0.374 e. The van der Waals surface area contributed by atoms with Crippen molar-refractivity contribution in [3.8, 4) is 0 Å². The Bertz CT molecular complexity index is 601. The summed E-state index contributed by atoms with van der Waals surface area (Å²) >= 11 is 1.97. The summed E-state index contributed by atoms with van der Waals surface area (Å²) in [7, 11) is 0. The molecule has 1 aliphatic carbocycles. The largest absolute Gasteiger partial charge is 0.374 e. The molecule has 2 fully saturated rings. The molecule has 0 aromatic heterocycles. The Morgan fingerprint density at radius 1 is 1.33 bits per heavy atom. The van der Waals surface area contributed by atoms with Gasteiger partial charge >= 0.3 is 6.03 Å². The SMILES string of the molecule is O=C(NC[C@@H]1CCc2ccccc21)N[C@H]1CCO[C@]2(CCSC2)C1. The first-order valence-electron chi connectivity index (χ1n) is 9.08. The van der Waals surface area contributed by atoms with Crippen molar-refractivity contribution >= 4 is 17.8 Å². The Morgan fingerprint density at radius 2 is 2.25 bits per heavy atom. The summed E-state index contributed by atoms with van der Waals surface area (Å²) in [5.74, 6) is 2.71. The van der Waals surface area contributed by atoms with Crippen LogP contribution in [-0.2, 0) is 11.2 Å². The standard InChI is InChI=1S/C19H26N2O2S/c22-18(20-12-15-6-5-14-3-1-2-4-17(14)15)21-16-7-9-23-19(11-16)8-10-24-13-19/h1-4,15-16H,5-13H2,(H2,20,21,22)/t15-,16-,19+/m0/s1. The summed E-state index contributed by atoms with van der Waals surface area (Å²) < 4.78 is 6.03. The number of amides is 2. The van der Waals surface area contributed by atoms with Gasteiger partial charge in [0.1, 0.15) is 0 Å². The van der Waals surface area contributed by atoms with Gasteiger partial charge in [0.25, 0.3) is 0 Å². The molecular weight excluding hydrogens is 320 g/mol. The number of aryl methyl sites for hydroxylation is 1. The maximum absolute atomic E-state index is 12.3. The van der Waals surface area contributed by atoms with Crippen molar-refractivity contribution in [2.45, 2.75) is 49.7 Å². The fraction of sp³-hybridized carbons (Fsp3) is 0.632. The van der Waals surface area contributed by atoms with E-state index in [-0.39, 0.29) is 17.7 Å². The molecule has 0 unspecified atom stereocenters. The molecule has 3 atom stereocenters. The summed E-state index contributed by atoms with van der Waals surface area (Å²) in [6, 6.07) is 8.82. The van der Waals surface area contributed by atoms with Crippen LogP contribution in [-0.4, -0.2) is 42.3 Å².